The van der Waals surface area contributed by atoms with Crippen molar-refractivity contribution in [3.63, 3.8) is 0 Å². The summed E-state index contributed by atoms with van der Waals surface area (Å²) in [5, 5.41) is 18.5. The van der Waals surface area contributed by atoms with Crippen LogP contribution in [0.15, 0.2) is 12.1 Å². The lowest BCUT2D eigenvalue weighted by Gasteiger charge is -2.15. The number of hydrogen-bond acceptors (Lipinski definition) is 4. The predicted molar refractivity (Wildman–Crippen MR) is 62.4 cm³/mol. The third-order valence-corrected chi connectivity index (χ3v) is 3.84. The van der Waals surface area contributed by atoms with Crippen LogP contribution in [0.1, 0.15) is 17.5 Å². The molecule has 100 valence electrons. The lowest BCUT2D eigenvalue weighted by Crippen LogP contribution is -2.26. The van der Waals surface area contributed by atoms with Gasteiger partial charge in [0.25, 0.3) is 0 Å². The molecule has 6 heteroatoms. The van der Waals surface area contributed by atoms with Crippen LogP contribution in [-0.4, -0.2) is 28.9 Å². The SMILES string of the molecule is Cc1cc2c(cc1C1(C(=O)O)CC1C(=O)O)OCO2. The summed E-state index contributed by atoms with van der Waals surface area (Å²) in [7, 11) is 0. The Balaban J connectivity index is 2.11. The fraction of sp³-hybridized carbons (Fsp3) is 0.385. The zero-order chi connectivity index (χ0) is 13.8. The molecule has 0 aromatic heterocycles. The van der Waals surface area contributed by atoms with E-state index >= 15 is 0 Å². The van der Waals surface area contributed by atoms with Gasteiger partial charge < -0.3 is 19.7 Å². The number of fused-ring (bicyclic) bond motifs is 1. The molecule has 1 fully saturated rings. The average Bonchev–Trinajstić information content (AvgIpc) is 2.95. The van der Waals surface area contributed by atoms with E-state index in [0.717, 1.165) is 0 Å². The highest BCUT2D eigenvalue weighted by Crippen LogP contribution is 2.57. The maximum absolute atomic E-state index is 11.5. The van der Waals surface area contributed by atoms with Gasteiger partial charge in [-0.2, -0.15) is 0 Å². The smallest absolute Gasteiger partial charge is 0.315 e. The number of carboxylic acid groups (broad SMARTS) is 2. The molecule has 2 aliphatic rings. The van der Waals surface area contributed by atoms with Crippen LogP contribution in [0.2, 0.25) is 0 Å². The second kappa shape index (κ2) is 3.63. The van der Waals surface area contributed by atoms with Crippen LogP contribution in [0.4, 0.5) is 0 Å². The number of aryl methyl sites for hydroxylation is 1. The molecule has 1 aromatic carbocycles. The molecule has 2 N–H and O–H groups in total. The van der Waals surface area contributed by atoms with Crippen molar-refractivity contribution in [2.75, 3.05) is 6.79 Å². The Hall–Kier alpha value is -2.24. The van der Waals surface area contributed by atoms with Crippen molar-refractivity contribution in [1.82, 2.24) is 0 Å². The van der Waals surface area contributed by atoms with E-state index in [1.807, 2.05) is 0 Å². The molecule has 1 aromatic rings. The first kappa shape index (κ1) is 11.8. The van der Waals surface area contributed by atoms with Crippen LogP contribution in [0.5, 0.6) is 11.5 Å². The van der Waals surface area contributed by atoms with Crippen molar-refractivity contribution in [2.24, 2.45) is 5.92 Å². The Labute approximate surface area is 108 Å². The minimum absolute atomic E-state index is 0.0979. The van der Waals surface area contributed by atoms with Crippen molar-refractivity contribution >= 4 is 11.9 Å². The van der Waals surface area contributed by atoms with Crippen molar-refractivity contribution in [3.05, 3.63) is 23.3 Å². The topological polar surface area (TPSA) is 93.1 Å². The zero-order valence-electron chi connectivity index (χ0n) is 10.2. The highest BCUT2D eigenvalue weighted by molar-refractivity contribution is 5.95. The van der Waals surface area contributed by atoms with Crippen molar-refractivity contribution in [1.29, 1.82) is 0 Å². The molecule has 0 amide bonds. The lowest BCUT2D eigenvalue weighted by molar-refractivity contribution is -0.145. The number of carbonyl (C=O) groups is 2. The van der Waals surface area contributed by atoms with E-state index < -0.39 is 23.3 Å². The number of carboxylic acids is 2. The molecule has 19 heavy (non-hydrogen) atoms. The summed E-state index contributed by atoms with van der Waals surface area (Å²) in [6.07, 6.45) is 0.109. The van der Waals surface area contributed by atoms with E-state index in [1.165, 1.54) is 0 Å². The summed E-state index contributed by atoms with van der Waals surface area (Å²) in [5.41, 5.74) is -0.135. The molecule has 2 unspecified atom stereocenters. The standard InChI is InChI=1S/C13H12O6/c1-6-2-9-10(19-5-18-9)3-7(6)13(12(16)17)4-8(13)11(14)15/h2-3,8H,4-5H2,1H3,(H,14,15)(H,16,17). The van der Waals surface area contributed by atoms with E-state index in [2.05, 4.69) is 0 Å². The summed E-state index contributed by atoms with van der Waals surface area (Å²) in [4.78, 5) is 22.6. The zero-order valence-corrected chi connectivity index (χ0v) is 10.2. The summed E-state index contributed by atoms with van der Waals surface area (Å²) >= 11 is 0. The lowest BCUT2D eigenvalue weighted by atomic mass is 9.89. The number of aliphatic carboxylic acids is 2. The quantitative estimate of drug-likeness (QED) is 0.850. The van der Waals surface area contributed by atoms with Crippen molar-refractivity contribution < 1.29 is 29.3 Å². The molecule has 3 rings (SSSR count). The highest BCUT2D eigenvalue weighted by atomic mass is 16.7. The molecule has 0 saturated heterocycles. The maximum Gasteiger partial charge on any atom is 0.315 e. The van der Waals surface area contributed by atoms with Crippen LogP contribution in [-0.2, 0) is 15.0 Å². The van der Waals surface area contributed by atoms with Crippen LogP contribution in [0.3, 0.4) is 0 Å². The molecular weight excluding hydrogens is 252 g/mol. The Morgan fingerprint density at radius 3 is 2.42 bits per heavy atom. The number of rotatable bonds is 3. The molecule has 1 saturated carbocycles. The van der Waals surface area contributed by atoms with Crippen molar-refractivity contribution in [2.45, 2.75) is 18.8 Å². The van der Waals surface area contributed by atoms with E-state index in [0.29, 0.717) is 22.6 Å². The van der Waals surface area contributed by atoms with Gasteiger partial charge in [0.2, 0.25) is 6.79 Å². The fourth-order valence-electron chi connectivity index (χ4n) is 2.73. The third kappa shape index (κ3) is 1.49. The molecule has 2 atom stereocenters. The van der Waals surface area contributed by atoms with E-state index in [1.54, 1.807) is 19.1 Å². The first-order valence-electron chi connectivity index (χ1n) is 5.83. The first-order valence-corrected chi connectivity index (χ1v) is 5.83. The molecule has 6 nitrogen and oxygen atoms in total. The third-order valence-electron chi connectivity index (χ3n) is 3.84. The largest absolute Gasteiger partial charge is 0.481 e. The maximum atomic E-state index is 11.5. The van der Waals surface area contributed by atoms with Crippen LogP contribution >= 0.6 is 0 Å². The van der Waals surface area contributed by atoms with Gasteiger partial charge >= 0.3 is 11.9 Å². The van der Waals surface area contributed by atoms with Gasteiger partial charge in [-0.15, -0.1) is 0 Å². The van der Waals surface area contributed by atoms with Gasteiger partial charge in [0.15, 0.2) is 11.5 Å². The van der Waals surface area contributed by atoms with E-state index in [9.17, 15) is 14.7 Å². The summed E-state index contributed by atoms with van der Waals surface area (Å²) in [6.45, 7) is 1.85. The van der Waals surface area contributed by atoms with Gasteiger partial charge in [-0.1, -0.05) is 0 Å². The normalized spacial score (nSPS) is 27.1. The predicted octanol–water partition coefficient (Wildman–Crippen LogP) is 1.15. The van der Waals surface area contributed by atoms with Crippen LogP contribution < -0.4 is 9.47 Å². The van der Waals surface area contributed by atoms with Gasteiger partial charge in [-0.25, -0.2) is 0 Å². The molecule has 0 bridgehead atoms. The van der Waals surface area contributed by atoms with Crippen molar-refractivity contribution in [3.8, 4) is 11.5 Å². The fourth-order valence-corrected chi connectivity index (χ4v) is 2.73. The number of hydrogen-bond donors (Lipinski definition) is 2. The molecule has 0 radical (unpaired) electrons. The van der Waals surface area contributed by atoms with E-state index in [-0.39, 0.29) is 13.2 Å². The number of benzene rings is 1. The van der Waals surface area contributed by atoms with E-state index in [4.69, 9.17) is 14.6 Å². The monoisotopic (exact) mass is 264 g/mol. The van der Waals surface area contributed by atoms with Gasteiger partial charge in [0, 0.05) is 0 Å². The summed E-state index contributed by atoms with van der Waals surface area (Å²) < 4.78 is 10.4. The molecule has 0 spiro atoms. The van der Waals surface area contributed by atoms with Crippen LogP contribution in [0.25, 0.3) is 0 Å². The second-order valence-corrected chi connectivity index (χ2v) is 4.89. The van der Waals surface area contributed by atoms with Gasteiger partial charge in [0.05, 0.1) is 5.92 Å². The summed E-state index contributed by atoms with van der Waals surface area (Å²) in [5.74, 6) is -2.04. The first-order chi connectivity index (χ1) is 8.96. The van der Waals surface area contributed by atoms with Gasteiger partial charge in [0.1, 0.15) is 5.41 Å². The molecule has 1 aliphatic carbocycles. The Kier molecular flexibility index (Phi) is 2.26. The highest BCUT2D eigenvalue weighted by Gasteiger charge is 2.66. The van der Waals surface area contributed by atoms with Crippen LogP contribution in [0, 0.1) is 12.8 Å². The Bertz CT molecular complexity index is 593. The Morgan fingerprint density at radius 2 is 1.89 bits per heavy atom. The molecular formula is C13H12O6. The molecule has 1 heterocycles. The van der Waals surface area contributed by atoms with Gasteiger partial charge in [-0.05, 0) is 36.6 Å². The summed E-state index contributed by atoms with van der Waals surface area (Å²) in [6, 6.07) is 3.29. The number of ether oxygens (including phenoxy) is 2. The molecule has 1 aliphatic heterocycles. The average molecular weight is 264 g/mol. The Morgan fingerprint density at radius 1 is 1.26 bits per heavy atom. The second-order valence-electron chi connectivity index (χ2n) is 4.89. The minimum atomic E-state index is -1.34. The minimum Gasteiger partial charge on any atom is -0.481 e. The van der Waals surface area contributed by atoms with Gasteiger partial charge in [-0.3, -0.25) is 9.59 Å².